The van der Waals surface area contributed by atoms with Gasteiger partial charge in [-0.3, -0.25) is 10.0 Å². The summed E-state index contributed by atoms with van der Waals surface area (Å²) in [6.07, 6.45) is 0. The Labute approximate surface area is 141 Å². The second-order valence-electron chi connectivity index (χ2n) is 6.27. The van der Waals surface area contributed by atoms with Gasteiger partial charge in [0.05, 0.1) is 4.90 Å². The van der Waals surface area contributed by atoms with Gasteiger partial charge >= 0.3 is 0 Å². The van der Waals surface area contributed by atoms with E-state index in [1.54, 1.807) is 31.5 Å². The van der Waals surface area contributed by atoms with Crippen molar-refractivity contribution in [3.05, 3.63) is 29.3 Å². The van der Waals surface area contributed by atoms with E-state index < -0.39 is 26.7 Å². The van der Waals surface area contributed by atoms with Crippen LogP contribution in [0.3, 0.4) is 0 Å². The first-order valence-electron chi connectivity index (χ1n) is 7.27. The highest BCUT2D eigenvalue weighted by Crippen LogP contribution is 2.38. The number of sulfonamides is 1. The van der Waals surface area contributed by atoms with Crippen LogP contribution in [0.5, 0.6) is 0 Å². The fourth-order valence-electron chi connectivity index (χ4n) is 2.94. The topological polar surface area (TPSA) is 86.7 Å². The zero-order valence-electron chi connectivity index (χ0n) is 13.7. The van der Waals surface area contributed by atoms with Crippen molar-refractivity contribution in [1.29, 1.82) is 0 Å². The van der Waals surface area contributed by atoms with Gasteiger partial charge in [-0.25, -0.2) is 13.9 Å². The van der Waals surface area contributed by atoms with Crippen LogP contribution in [0.15, 0.2) is 23.1 Å². The summed E-state index contributed by atoms with van der Waals surface area (Å²) < 4.78 is 26.7. The SMILES string of the molecule is Cc1cc(C)cc(S(=O)(=O)N2CCSC(C)(C)[C@@H]2C(=O)NO)c1. The number of hydroxylamine groups is 1. The Morgan fingerprint density at radius 3 is 2.39 bits per heavy atom. The van der Waals surface area contributed by atoms with E-state index in [0.29, 0.717) is 5.75 Å². The zero-order valence-corrected chi connectivity index (χ0v) is 15.3. The van der Waals surface area contributed by atoms with Gasteiger partial charge < -0.3 is 0 Å². The maximum Gasteiger partial charge on any atom is 0.263 e. The summed E-state index contributed by atoms with van der Waals surface area (Å²) in [7, 11) is -3.83. The van der Waals surface area contributed by atoms with Crippen LogP contribution in [0.4, 0.5) is 0 Å². The highest BCUT2D eigenvalue weighted by Gasteiger charge is 2.48. The molecular weight excluding hydrogens is 336 g/mol. The third-order valence-corrected chi connectivity index (χ3v) is 7.09. The molecule has 128 valence electrons. The quantitative estimate of drug-likeness (QED) is 0.634. The van der Waals surface area contributed by atoms with Crippen LogP contribution in [-0.4, -0.2) is 46.9 Å². The number of benzene rings is 1. The largest absolute Gasteiger partial charge is 0.289 e. The first-order chi connectivity index (χ1) is 10.6. The monoisotopic (exact) mass is 358 g/mol. The van der Waals surface area contributed by atoms with Gasteiger partial charge in [0.2, 0.25) is 10.0 Å². The van der Waals surface area contributed by atoms with Crippen molar-refractivity contribution < 1.29 is 18.4 Å². The van der Waals surface area contributed by atoms with Crippen molar-refractivity contribution in [2.75, 3.05) is 12.3 Å². The summed E-state index contributed by atoms with van der Waals surface area (Å²) in [5.41, 5.74) is 3.30. The second-order valence-corrected chi connectivity index (χ2v) is 9.91. The fourth-order valence-corrected chi connectivity index (χ4v) is 6.23. The molecule has 6 nitrogen and oxygen atoms in total. The summed E-state index contributed by atoms with van der Waals surface area (Å²) in [6, 6.07) is 4.13. The molecule has 1 atom stereocenters. The summed E-state index contributed by atoms with van der Waals surface area (Å²) in [5, 5.41) is 9.03. The maximum atomic E-state index is 13.1. The van der Waals surface area contributed by atoms with E-state index in [0.717, 1.165) is 11.1 Å². The molecule has 1 aliphatic heterocycles. The van der Waals surface area contributed by atoms with Crippen molar-refractivity contribution in [1.82, 2.24) is 9.79 Å². The number of thioether (sulfide) groups is 1. The smallest absolute Gasteiger partial charge is 0.263 e. The molecule has 1 aromatic rings. The molecular formula is C15H22N2O4S2. The number of hydrogen-bond donors (Lipinski definition) is 2. The van der Waals surface area contributed by atoms with Crippen LogP contribution < -0.4 is 5.48 Å². The first kappa shape index (κ1) is 18.3. The number of carbonyl (C=O) groups is 1. The van der Waals surface area contributed by atoms with Crippen molar-refractivity contribution in [3.8, 4) is 0 Å². The Hall–Kier alpha value is -1.09. The van der Waals surface area contributed by atoms with Gasteiger partial charge in [0, 0.05) is 17.0 Å². The second kappa shape index (κ2) is 6.43. The average molecular weight is 358 g/mol. The Morgan fingerprint density at radius 1 is 1.30 bits per heavy atom. The van der Waals surface area contributed by atoms with Crippen LogP contribution in [0.2, 0.25) is 0 Å². The third kappa shape index (κ3) is 3.55. The lowest BCUT2D eigenvalue weighted by Crippen LogP contribution is -2.61. The average Bonchev–Trinajstić information content (AvgIpc) is 2.44. The third-order valence-electron chi connectivity index (χ3n) is 3.89. The van der Waals surface area contributed by atoms with Gasteiger partial charge in [-0.2, -0.15) is 16.1 Å². The molecule has 1 aliphatic rings. The molecule has 1 aromatic carbocycles. The van der Waals surface area contributed by atoms with E-state index in [4.69, 9.17) is 5.21 Å². The van der Waals surface area contributed by atoms with E-state index in [9.17, 15) is 13.2 Å². The minimum Gasteiger partial charge on any atom is -0.289 e. The van der Waals surface area contributed by atoms with E-state index in [1.165, 1.54) is 16.1 Å². The predicted octanol–water partition coefficient (Wildman–Crippen LogP) is 1.69. The number of nitrogens with one attached hydrogen (secondary N) is 1. The van der Waals surface area contributed by atoms with Crippen LogP contribution >= 0.6 is 11.8 Å². The number of aryl methyl sites for hydroxylation is 2. The van der Waals surface area contributed by atoms with Gasteiger partial charge in [-0.05, 0) is 51.0 Å². The van der Waals surface area contributed by atoms with Gasteiger partial charge in [0.15, 0.2) is 0 Å². The zero-order chi connectivity index (χ0) is 17.4. The Balaban J connectivity index is 2.53. The molecule has 0 spiro atoms. The number of nitrogens with zero attached hydrogens (tertiary/aromatic N) is 1. The lowest BCUT2D eigenvalue weighted by molar-refractivity contribution is -0.134. The normalized spacial score (nSPS) is 21.9. The van der Waals surface area contributed by atoms with Crippen LogP contribution in [-0.2, 0) is 14.8 Å². The molecule has 0 aliphatic carbocycles. The van der Waals surface area contributed by atoms with Gasteiger partial charge in [0.25, 0.3) is 5.91 Å². The van der Waals surface area contributed by atoms with E-state index in [-0.39, 0.29) is 11.4 Å². The molecule has 23 heavy (non-hydrogen) atoms. The fraction of sp³-hybridized carbons (Fsp3) is 0.533. The molecule has 2 N–H and O–H groups in total. The number of rotatable bonds is 3. The molecule has 0 unspecified atom stereocenters. The maximum absolute atomic E-state index is 13.1. The van der Waals surface area contributed by atoms with E-state index in [1.807, 2.05) is 19.9 Å². The summed E-state index contributed by atoms with van der Waals surface area (Å²) in [4.78, 5) is 12.3. The Bertz CT molecular complexity index is 696. The van der Waals surface area contributed by atoms with Gasteiger partial charge in [-0.15, -0.1) is 0 Å². The molecule has 0 radical (unpaired) electrons. The van der Waals surface area contributed by atoms with Crippen LogP contribution in [0.1, 0.15) is 25.0 Å². The summed E-state index contributed by atoms with van der Waals surface area (Å²) >= 11 is 1.52. The van der Waals surface area contributed by atoms with E-state index >= 15 is 0 Å². The molecule has 2 rings (SSSR count). The highest BCUT2D eigenvalue weighted by atomic mass is 32.2. The lowest BCUT2D eigenvalue weighted by atomic mass is 10.0. The molecule has 1 amide bonds. The highest BCUT2D eigenvalue weighted by molar-refractivity contribution is 8.00. The Morgan fingerprint density at radius 2 is 1.87 bits per heavy atom. The lowest BCUT2D eigenvalue weighted by Gasteiger charge is -2.43. The first-order valence-corrected chi connectivity index (χ1v) is 9.70. The van der Waals surface area contributed by atoms with Crippen molar-refractivity contribution in [2.24, 2.45) is 0 Å². The molecule has 1 fully saturated rings. The minimum atomic E-state index is -3.83. The van der Waals surface area contributed by atoms with Crippen molar-refractivity contribution in [3.63, 3.8) is 0 Å². The van der Waals surface area contributed by atoms with Crippen molar-refractivity contribution in [2.45, 2.75) is 43.4 Å². The van der Waals surface area contributed by atoms with Crippen LogP contribution in [0.25, 0.3) is 0 Å². The number of amides is 1. The number of hydrogen-bond acceptors (Lipinski definition) is 5. The number of carbonyl (C=O) groups excluding carboxylic acids is 1. The van der Waals surface area contributed by atoms with E-state index in [2.05, 4.69) is 0 Å². The standard InChI is InChI=1S/C15H22N2O4S2/c1-10-7-11(2)9-12(8-10)23(20,21)17-5-6-22-15(3,4)13(17)14(18)16-19/h7-9,13,19H,5-6H2,1-4H3,(H,16,18)/t13-/m0/s1. The summed E-state index contributed by atoms with van der Waals surface area (Å²) in [6.45, 7) is 7.50. The molecule has 0 saturated carbocycles. The van der Waals surface area contributed by atoms with Crippen molar-refractivity contribution >= 4 is 27.7 Å². The molecule has 0 aromatic heterocycles. The Kier molecular flexibility index (Phi) is 5.10. The predicted molar refractivity (Wildman–Crippen MR) is 90.1 cm³/mol. The molecule has 1 saturated heterocycles. The molecule has 8 heteroatoms. The summed E-state index contributed by atoms with van der Waals surface area (Å²) in [5.74, 6) is -0.123. The van der Waals surface area contributed by atoms with Crippen LogP contribution in [0, 0.1) is 13.8 Å². The van der Waals surface area contributed by atoms with Gasteiger partial charge in [-0.1, -0.05) is 6.07 Å². The minimum absolute atomic E-state index is 0.174. The molecule has 0 bridgehead atoms. The molecule has 1 heterocycles. The van der Waals surface area contributed by atoms with Gasteiger partial charge in [0.1, 0.15) is 6.04 Å².